The summed E-state index contributed by atoms with van der Waals surface area (Å²) < 4.78 is 5.41. The van der Waals surface area contributed by atoms with E-state index in [0.717, 1.165) is 11.4 Å². The van der Waals surface area contributed by atoms with Gasteiger partial charge in [-0.25, -0.2) is 0 Å². The van der Waals surface area contributed by atoms with Crippen molar-refractivity contribution < 1.29 is 9.84 Å². The van der Waals surface area contributed by atoms with Crippen LogP contribution >= 0.6 is 0 Å². The van der Waals surface area contributed by atoms with Gasteiger partial charge >= 0.3 is 0 Å². The molecule has 0 aliphatic rings. The fraction of sp³-hybridized carbons (Fsp3) is 0.625. The first-order chi connectivity index (χ1) is 8.69. The van der Waals surface area contributed by atoms with Crippen LogP contribution in [0.2, 0.25) is 0 Å². The maximum atomic E-state index is 9.12. The Hall–Kier alpha value is -1.22. The van der Waals surface area contributed by atoms with Crippen LogP contribution in [0, 0.1) is 0 Å². The van der Waals surface area contributed by atoms with E-state index >= 15 is 0 Å². The minimum absolute atomic E-state index is 0.101. The van der Waals surface area contributed by atoms with Gasteiger partial charge in [0.2, 0.25) is 0 Å². The molecule has 108 valence electrons. The zero-order valence-electron chi connectivity index (χ0n) is 13.0. The highest BCUT2D eigenvalue weighted by molar-refractivity contribution is 5.60. The first-order valence-corrected chi connectivity index (χ1v) is 6.77. The summed E-state index contributed by atoms with van der Waals surface area (Å²) in [4.78, 5) is 0. The number of rotatable bonds is 5. The molecule has 3 nitrogen and oxygen atoms in total. The van der Waals surface area contributed by atoms with Crippen LogP contribution < -0.4 is 10.1 Å². The third kappa shape index (κ3) is 4.43. The second-order valence-corrected chi connectivity index (χ2v) is 6.65. The van der Waals surface area contributed by atoms with Crippen molar-refractivity contribution in [3.05, 3.63) is 23.8 Å². The van der Waals surface area contributed by atoms with Crippen LogP contribution in [-0.2, 0) is 5.41 Å². The largest absolute Gasteiger partial charge is 0.495 e. The molecule has 0 radical (unpaired) electrons. The molecule has 0 unspecified atom stereocenters. The predicted molar refractivity (Wildman–Crippen MR) is 81.1 cm³/mol. The summed E-state index contributed by atoms with van der Waals surface area (Å²) in [6, 6.07) is 6.24. The zero-order chi connectivity index (χ0) is 14.7. The highest BCUT2D eigenvalue weighted by Crippen LogP contribution is 2.33. The Kier molecular flexibility index (Phi) is 4.86. The summed E-state index contributed by atoms with van der Waals surface area (Å²) in [7, 11) is 1.68. The molecule has 1 aromatic rings. The van der Waals surface area contributed by atoms with Crippen molar-refractivity contribution in [2.24, 2.45) is 0 Å². The van der Waals surface area contributed by atoms with Crippen LogP contribution in [0.4, 0.5) is 5.69 Å². The number of hydrogen-bond acceptors (Lipinski definition) is 3. The molecule has 3 heteroatoms. The Morgan fingerprint density at radius 2 is 1.79 bits per heavy atom. The lowest BCUT2D eigenvalue weighted by molar-refractivity contribution is 0.260. The quantitative estimate of drug-likeness (QED) is 0.855. The number of aliphatic hydroxyl groups excluding tert-OH is 1. The van der Waals surface area contributed by atoms with Crippen LogP contribution in [0.1, 0.15) is 46.6 Å². The number of ether oxygens (including phenoxy) is 1. The molecular weight excluding hydrogens is 238 g/mol. The van der Waals surface area contributed by atoms with Gasteiger partial charge in [-0.2, -0.15) is 0 Å². The standard InChI is InChI=1S/C16H27NO2/c1-15(2,3)12-7-8-14(19-6)13(11-12)17-16(4,5)9-10-18/h7-8,11,17-18H,9-10H2,1-6H3. The molecule has 1 rings (SSSR count). The highest BCUT2D eigenvalue weighted by atomic mass is 16.5. The normalized spacial score (nSPS) is 12.4. The molecule has 0 bridgehead atoms. The molecule has 0 saturated heterocycles. The number of methoxy groups -OCH3 is 1. The van der Waals surface area contributed by atoms with Gasteiger partial charge in [-0.05, 0) is 43.4 Å². The average Bonchev–Trinajstić information content (AvgIpc) is 2.27. The number of benzene rings is 1. The maximum absolute atomic E-state index is 9.12. The molecule has 0 atom stereocenters. The average molecular weight is 265 g/mol. The topological polar surface area (TPSA) is 41.5 Å². The second kappa shape index (κ2) is 5.83. The summed E-state index contributed by atoms with van der Waals surface area (Å²) in [6.45, 7) is 10.9. The predicted octanol–water partition coefficient (Wildman–Crippen LogP) is 3.57. The highest BCUT2D eigenvalue weighted by Gasteiger charge is 2.21. The maximum Gasteiger partial charge on any atom is 0.141 e. The van der Waals surface area contributed by atoms with Gasteiger partial charge in [0.15, 0.2) is 0 Å². The fourth-order valence-electron chi connectivity index (χ4n) is 1.98. The molecule has 0 amide bonds. The van der Waals surface area contributed by atoms with Crippen LogP contribution in [0.5, 0.6) is 5.75 Å². The third-order valence-corrected chi connectivity index (χ3v) is 3.28. The molecule has 0 saturated carbocycles. The van der Waals surface area contributed by atoms with Crippen molar-refractivity contribution in [2.75, 3.05) is 19.0 Å². The van der Waals surface area contributed by atoms with Gasteiger partial charge in [0.05, 0.1) is 12.8 Å². The van der Waals surface area contributed by atoms with E-state index in [2.05, 4.69) is 52.1 Å². The zero-order valence-corrected chi connectivity index (χ0v) is 13.0. The number of aliphatic hydroxyl groups is 1. The van der Waals surface area contributed by atoms with Crippen LogP contribution in [0.25, 0.3) is 0 Å². The van der Waals surface area contributed by atoms with Crippen LogP contribution in [0.15, 0.2) is 18.2 Å². The van der Waals surface area contributed by atoms with E-state index in [9.17, 15) is 0 Å². The molecule has 19 heavy (non-hydrogen) atoms. The molecule has 0 aliphatic heterocycles. The van der Waals surface area contributed by atoms with Gasteiger partial charge in [-0.1, -0.05) is 26.8 Å². The molecule has 0 aromatic heterocycles. The Labute approximate surface area is 117 Å². The number of anilines is 1. The van der Waals surface area contributed by atoms with Crippen LogP contribution in [-0.4, -0.2) is 24.4 Å². The van der Waals surface area contributed by atoms with Crippen molar-refractivity contribution in [1.82, 2.24) is 0 Å². The summed E-state index contributed by atoms with van der Waals surface area (Å²) in [6.07, 6.45) is 0.690. The van der Waals surface area contributed by atoms with E-state index in [-0.39, 0.29) is 17.6 Å². The van der Waals surface area contributed by atoms with E-state index < -0.39 is 0 Å². The van der Waals surface area contributed by atoms with Gasteiger partial charge in [0.25, 0.3) is 0 Å². The van der Waals surface area contributed by atoms with Crippen molar-refractivity contribution in [2.45, 2.75) is 52.0 Å². The first-order valence-electron chi connectivity index (χ1n) is 6.77. The van der Waals surface area contributed by atoms with Gasteiger partial charge in [-0.15, -0.1) is 0 Å². The van der Waals surface area contributed by atoms with E-state index in [1.54, 1.807) is 7.11 Å². The van der Waals surface area contributed by atoms with E-state index in [1.165, 1.54) is 5.56 Å². The van der Waals surface area contributed by atoms with Gasteiger partial charge in [0, 0.05) is 12.1 Å². The SMILES string of the molecule is COc1ccc(C(C)(C)C)cc1NC(C)(C)CCO. The second-order valence-electron chi connectivity index (χ2n) is 6.65. The number of hydrogen-bond donors (Lipinski definition) is 2. The van der Waals surface area contributed by atoms with Crippen molar-refractivity contribution in [3.63, 3.8) is 0 Å². The van der Waals surface area contributed by atoms with Crippen molar-refractivity contribution in [3.8, 4) is 5.75 Å². The summed E-state index contributed by atoms with van der Waals surface area (Å²) >= 11 is 0. The molecular formula is C16H27NO2. The van der Waals surface area contributed by atoms with Gasteiger partial charge in [0.1, 0.15) is 5.75 Å². The molecule has 0 aliphatic carbocycles. The monoisotopic (exact) mass is 265 g/mol. The van der Waals surface area contributed by atoms with Crippen LogP contribution in [0.3, 0.4) is 0 Å². The summed E-state index contributed by atoms with van der Waals surface area (Å²) in [5, 5.41) is 12.6. The van der Waals surface area contributed by atoms with Gasteiger partial charge < -0.3 is 15.2 Å². The minimum atomic E-state index is -0.168. The van der Waals surface area contributed by atoms with E-state index in [4.69, 9.17) is 9.84 Å². The first kappa shape index (κ1) is 15.8. The Balaban J connectivity index is 3.10. The smallest absolute Gasteiger partial charge is 0.141 e. The lowest BCUT2D eigenvalue weighted by Gasteiger charge is -2.29. The minimum Gasteiger partial charge on any atom is -0.495 e. The van der Waals surface area contributed by atoms with Crippen molar-refractivity contribution >= 4 is 5.69 Å². The fourth-order valence-corrected chi connectivity index (χ4v) is 1.98. The number of nitrogens with one attached hydrogen (secondary N) is 1. The lowest BCUT2D eigenvalue weighted by Crippen LogP contribution is -2.32. The van der Waals surface area contributed by atoms with Crippen molar-refractivity contribution in [1.29, 1.82) is 0 Å². The van der Waals surface area contributed by atoms with E-state index in [1.807, 2.05) is 6.07 Å². The summed E-state index contributed by atoms with van der Waals surface area (Å²) in [5.74, 6) is 0.832. The molecule has 0 fully saturated rings. The Bertz CT molecular complexity index is 419. The van der Waals surface area contributed by atoms with Gasteiger partial charge in [-0.3, -0.25) is 0 Å². The third-order valence-electron chi connectivity index (χ3n) is 3.28. The Morgan fingerprint density at radius 3 is 2.26 bits per heavy atom. The lowest BCUT2D eigenvalue weighted by atomic mass is 9.86. The molecule has 1 aromatic carbocycles. The van der Waals surface area contributed by atoms with E-state index in [0.29, 0.717) is 6.42 Å². The summed E-state index contributed by atoms with van der Waals surface area (Å²) in [5.41, 5.74) is 2.17. The molecule has 2 N–H and O–H groups in total. The molecule has 0 spiro atoms. The Morgan fingerprint density at radius 1 is 1.16 bits per heavy atom. The molecule has 0 heterocycles.